The van der Waals surface area contributed by atoms with Gasteiger partial charge in [0.2, 0.25) is 5.91 Å². The summed E-state index contributed by atoms with van der Waals surface area (Å²) in [4.78, 5) is 36.9. The Morgan fingerprint density at radius 3 is 2.61 bits per heavy atom. The Morgan fingerprint density at radius 2 is 1.83 bits per heavy atom. The third kappa shape index (κ3) is 6.59. The second-order valence-corrected chi connectivity index (χ2v) is 6.59. The largest absolute Gasteiger partial charge is 0.454 e. The van der Waals surface area contributed by atoms with Gasteiger partial charge in [0.1, 0.15) is 6.54 Å². The minimum absolute atomic E-state index is 0.00111. The fourth-order valence-electron chi connectivity index (χ4n) is 3.25. The maximum absolute atomic E-state index is 11.8. The van der Waals surface area contributed by atoms with Crippen molar-refractivity contribution in [3.05, 3.63) is 0 Å². The molecule has 1 saturated heterocycles. The van der Waals surface area contributed by atoms with Crippen molar-refractivity contribution >= 4 is 17.8 Å². The van der Waals surface area contributed by atoms with Crippen LogP contribution >= 0.6 is 0 Å². The van der Waals surface area contributed by atoms with Gasteiger partial charge >= 0.3 is 5.97 Å². The fraction of sp³-hybridized carbons (Fsp3) is 0.824. The smallest absolute Gasteiger partial charge is 0.326 e. The second-order valence-electron chi connectivity index (χ2n) is 6.59. The number of carbonyl (C=O) groups excluding carboxylic acids is 3. The summed E-state index contributed by atoms with van der Waals surface area (Å²) in [6.45, 7) is 0.963. The molecule has 0 atom stereocenters. The summed E-state index contributed by atoms with van der Waals surface area (Å²) in [5, 5.41) is 2.83. The van der Waals surface area contributed by atoms with Crippen molar-refractivity contribution < 1.29 is 19.1 Å². The molecule has 1 saturated carbocycles. The van der Waals surface area contributed by atoms with E-state index in [0.717, 1.165) is 32.1 Å². The molecule has 1 aliphatic carbocycles. The van der Waals surface area contributed by atoms with Crippen molar-refractivity contribution in [3.63, 3.8) is 0 Å². The van der Waals surface area contributed by atoms with Crippen molar-refractivity contribution in [2.45, 2.75) is 57.8 Å². The highest BCUT2D eigenvalue weighted by atomic mass is 16.5. The van der Waals surface area contributed by atoms with E-state index < -0.39 is 5.97 Å². The van der Waals surface area contributed by atoms with Crippen molar-refractivity contribution in [3.8, 4) is 0 Å². The Kier molecular flexibility index (Phi) is 7.36. The number of ether oxygens (including phenoxy) is 1. The molecule has 6 heteroatoms. The highest BCUT2D eigenvalue weighted by Crippen LogP contribution is 2.22. The summed E-state index contributed by atoms with van der Waals surface area (Å²) >= 11 is 0. The molecule has 0 spiro atoms. The average molecular weight is 324 g/mol. The maximum Gasteiger partial charge on any atom is 0.326 e. The van der Waals surface area contributed by atoms with Gasteiger partial charge in [-0.3, -0.25) is 14.4 Å². The Hall–Kier alpha value is -1.59. The summed E-state index contributed by atoms with van der Waals surface area (Å²) in [5.74, 6) is -0.210. The molecule has 2 rings (SSSR count). The lowest BCUT2D eigenvalue weighted by atomic mass is 9.89. The van der Waals surface area contributed by atoms with Gasteiger partial charge in [-0.05, 0) is 31.6 Å². The number of amides is 2. The van der Waals surface area contributed by atoms with Crippen molar-refractivity contribution in [1.29, 1.82) is 0 Å². The first kappa shape index (κ1) is 17.8. The molecule has 1 N–H and O–H groups in total. The molecular weight excluding hydrogens is 296 g/mol. The molecule has 2 aliphatic rings. The standard InChI is InChI=1S/C17H28N2O4/c20-15(18-11-14-7-3-1-4-8-14)13-23-17(22)12-19-10-6-2-5-9-16(19)21/h14H,1-13H2,(H,18,20). The lowest BCUT2D eigenvalue weighted by Crippen LogP contribution is -2.38. The van der Waals surface area contributed by atoms with Gasteiger partial charge in [0.25, 0.3) is 5.91 Å². The monoisotopic (exact) mass is 324 g/mol. The van der Waals surface area contributed by atoms with Gasteiger partial charge in [-0.25, -0.2) is 0 Å². The van der Waals surface area contributed by atoms with Crippen LogP contribution in [-0.4, -0.2) is 48.9 Å². The van der Waals surface area contributed by atoms with E-state index in [-0.39, 0.29) is 25.0 Å². The van der Waals surface area contributed by atoms with Crippen LogP contribution in [0.5, 0.6) is 0 Å². The van der Waals surface area contributed by atoms with E-state index in [4.69, 9.17) is 4.74 Å². The molecule has 6 nitrogen and oxygen atoms in total. The summed E-state index contributed by atoms with van der Waals surface area (Å²) in [7, 11) is 0. The van der Waals surface area contributed by atoms with Gasteiger partial charge in [-0.15, -0.1) is 0 Å². The molecule has 0 aromatic heterocycles. The van der Waals surface area contributed by atoms with Crippen LogP contribution in [-0.2, 0) is 19.1 Å². The van der Waals surface area contributed by atoms with Gasteiger partial charge < -0.3 is 15.0 Å². The first-order valence-electron chi connectivity index (χ1n) is 8.85. The number of hydrogen-bond donors (Lipinski definition) is 1. The lowest BCUT2D eigenvalue weighted by molar-refractivity contribution is -0.152. The van der Waals surface area contributed by atoms with E-state index in [1.165, 1.54) is 24.2 Å². The van der Waals surface area contributed by atoms with E-state index in [1.54, 1.807) is 0 Å². The minimum Gasteiger partial charge on any atom is -0.454 e. The van der Waals surface area contributed by atoms with Crippen LogP contribution in [0.4, 0.5) is 0 Å². The zero-order chi connectivity index (χ0) is 16.5. The summed E-state index contributed by atoms with van der Waals surface area (Å²) in [6, 6.07) is 0. The normalized spacial score (nSPS) is 20.0. The summed E-state index contributed by atoms with van der Waals surface area (Å²) in [6.07, 6.45) is 9.40. The van der Waals surface area contributed by atoms with Gasteiger partial charge in [0.05, 0.1) is 0 Å². The van der Waals surface area contributed by atoms with Crippen LogP contribution < -0.4 is 5.32 Å². The predicted molar refractivity (Wildman–Crippen MR) is 85.6 cm³/mol. The zero-order valence-corrected chi connectivity index (χ0v) is 13.8. The van der Waals surface area contributed by atoms with E-state index in [0.29, 0.717) is 25.4 Å². The van der Waals surface area contributed by atoms with Crippen LogP contribution in [0, 0.1) is 5.92 Å². The first-order valence-corrected chi connectivity index (χ1v) is 8.85. The van der Waals surface area contributed by atoms with E-state index in [1.807, 2.05) is 0 Å². The number of likely N-dealkylation sites (tertiary alicyclic amines) is 1. The lowest BCUT2D eigenvalue weighted by Gasteiger charge is -2.22. The van der Waals surface area contributed by atoms with Crippen LogP contribution in [0.15, 0.2) is 0 Å². The molecule has 0 unspecified atom stereocenters. The third-order valence-corrected chi connectivity index (χ3v) is 4.67. The second kappa shape index (κ2) is 9.53. The first-order chi connectivity index (χ1) is 11.1. The van der Waals surface area contributed by atoms with Gasteiger partial charge in [-0.2, -0.15) is 0 Å². The van der Waals surface area contributed by atoms with Crippen molar-refractivity contribution in [2.75, 3.05) is 26.2 Å². The average Bonchev–Trinajstić information content (AvgIpc) is 2.77. The topological polar surface area (TPSA) is 75.7 Å². The molecule has 1 aliphatic heterocycles. The number of hydrogen-bond acceptors (Lipinski definition) is 4. The van der Waals surface area contributed by atoms with Crippen molar-refractivity contribution in [1.82, 2.24) is 10.2 Å². The quantitative estimate of drug-likeness (QED) is 0.754. The molecule has 0 aromatic rings. The van der Waals surface area contributed by atoms with Gasteiger partial charge in [-0.1, -0.05) is 25.7 Å². The minimum atomic E-state index is -0.506. The zero-order valence-electron chi connectivity index (χ0n) is 13.8. The molecule has 0 bridgehead atoms. The van der Waals surface area contributed by atoms with Crippen molar-refractivity contribution in [2.24, 2.45) is 5.92 Å². The predicted octanol–water partition coefficient (Wildman–Crippen LogP) is 1.63. The molecule has 0 radical (unpaired) electrons. The molecule has 2 fully saturated rings. The molecule has 1 heterocycles. The highest BCUT2D eigenvalue weighted by molar-refractivity contribution is 5.84. The number of carbonyl (C=O) groups is 3. The Morgan fingerprint density at radius 1 is 1.09 bits per heavy atom. The molecule has 130 valence electrons. The van der Waals surface area contributed by atoms with Crippen LogP contribution in [0.1, 0.15) is 57.8 Å². The molecular formula is C17H28N2O4. The Bertz CT molecular complexity index is 419. The fourth-order valence-corrected chi connectivity index (χ4v) is 3.25. The molecule has 0 aromatic carbocycles. The SMILES string of the molecule is O=C(COC(=O)CN1CCCCCC1=O)NCC1CCCCC1. The van der Waals surface area contributed by atoms with E-state index >= 15 is 0 Å². The van der Waals surface area contributed by atoms with Crippen LogP contribution in [0.2, 0.25) is 0 Å². The van der Waals surface area contributed by atoms with E-state index in [9.17, 15) is 14.4 Å². The molecule has 23 heavy (non-hydrogen) atoms. The van der Waals surface area contributed by atoms with Gasteiger partial charge in [0.15, 0.2) is 6.61 Å². The summed E-state index contributed by atoms with van der Waals surface area (Å²) in [5.41, 5.74) is 0. The molecule has 2 amide bonds. The summed E-state index contributed by atoms with van der Waals surface area (Å²) < 4.78 is 4.99. The highest BCUT2D eigenvalue weighted by Gasteiger charge is 2.20. The van der Waals surface area contributed by atoms with E-state index in [2.05, 4.69) is 5.32 Å². The Labute approximate surface area is 137 Å². The third-order valence-electron chi connectivity index (χ3n) is 4.67. The Balaban J connectivity index is 1.61. The van der Waals surface area contributed by atoms with Crippen LogP contribution in [0.3, 0.4) is 0 Å². The maximum atomic E-state index is 11.8. The number of esters is 1. The van der Waals surface area contributed by atoms with Gasteiger partial charge in [0, 0.05) is 19.5 Å². The number of nitrogens with zero attached hydrogens (tertiary/aromatic N) is 1. The van der Waals surface area contributed by atoms with Crippen LogP contribution in [0.25, 0.3) is 0 Å². The number of nitrogens with one attached hydrogen (secondary N) is 1. The number of rotatable bonds is 6.